The Kier molecular flexibility index (Phi) is 6.51. The molecule has 0 aliphatic carbocycles. The van der Waals surface area contributed by atoms with Crippen molar-refractivity contribution in [3.63, 3.8) is 0 Å². The zero-order valence-electron chi connectivity index (χ0n) is 30.3. The van der Waals surface area contributed by atoms with E-state index in [-0.39, 0.29) is 5.41 Å². The molecular formula is C51H35NO2. The van der Waals surface area contributed by atoms with Gasteiger partial charge in [0, 0.05) is 16.2 Å². The summed E-state index contributed by atoms with van der Waals surface area (Å²) in [5.41, 5.74) is 10.1. The van der Waals surface area contributed by atoms with Crippen molar-refractivity contribution in [3.8, 4) is 33.4 Å². The third kappa shape index (κ3) is 4.58. The van der Waals surface area contributed by atoms with Crippen LogP contribution < -0.4 is 0 Å². The van der Waals surface area contributed by atoms with Crippen molar-refractivity contribution in [3.05, 3.63) is 164 Å². The number of fused-ring (bicyclic) bond motifs is 9. The second-order valence-corrected chi connectivity index (χ2v) is 15.5. The summed E-state index contributed by atoms with van der Waals surface area (Å²) in [5.74, 6) is 0.736. The topological polar surface area (TPSA) is 39.2 Å². The number of hydrogen-bond acceptors (Lipinski definition) is 3. The molecule has 0 fully saturated rings. The molecule has 11 aromatic rings. The molecular weight excluding hydrogens is 659 g/mol. The molecule has 0 atom stereocenters. The highest BCUT2D eigenvalue weighted by Crippen LogP contribution is 2.49. The molecule has 256 valence electrons. The summed E-state index contributed by atoms with van der Waals surface area (Å²) in [4.78, 5) is 4.81. The fourth-order valence-corrected chi connectivity index (χ4v) is 8.61. The molecule has 54 heavy (non-hydrogen) atoms. The van der Waals surface area contributed by atoms with Crippen LogP contribution in [0.1, 0.15) is 26.7 Å². The maximum absolute atomic E-state index is 6.68. The standard InChI is InChI=1S/C51H35NO2/c1-51(2,3)50-52-43-25-24-30(28-45(43)54-50)32-27-42(49-40-22-12-13-23-44(40)53-46(49)29-32)48-38-20-10-8-18-36(38)47(37-19-9-11-21-39(37)48)41-26-31-14-4-5-15-33(31)34-16-6-7-17-35(34)41/h4-29H,1-3H3. The van der Waals surface area contributed by atoms with E-state index in [4.69, 9.17) is 13.8 Å². The molecule has 9 aromatic carbocycles. The van der Waals surface area contributed by atoms with E-state index in [0.29, 0.717) is 0 Å². The molecule has 0 spiro atoms. The van der Waals surface area contributed by atoms with Crippen LogP contribution in [-0.4, -0.2) is 4.98 Å². The molecule has 0 radical (unpaired) electrons. The van der Waals surface area contributed by atoms with E-state index >= 15 is 0 Å². The molecule has 0 N–H and O–H groups in total. The molecule has 11 rings (SSSR count). The van der Waals surface area contributed by atoms with Crippen LogP contribution in [0.15, 0.2) is 167 Å². The van der Waals surface area contributed by atoms with Crippen molar-refractivity contribution in [1.82, 2.24) is 4.98 Å². The summed E-state index contributed by atoms with van der Waals surface area (Å²) in [5, 5.41) is 12.1. The van der Waals surface area contributed by atoms with Crippen molar-refractivity contribution in [1.29, 1.82) is 0 Å². The first-order valence-electron chi connectivity index (χ1n) is 18.6. The van der Waals surface area contributed by atoms with Gasteiger partial charge in [0.15, 0.2) is 5.58 Å². The third-order valence-electron chi connectivity index (χ3n) is 11.1. The van der Waals surface area contributed by atoms with E-state index in [2.05, 4.69) is 172 Å². The highest BCUT2D eigenvalue weighted by molar-refractivity contribution is 6.28. The average molecular weight is 694 g/mol. The van der Waals surface area contributed by atoms with E-state index in [1.54, 1.807) is 0 Å². The van der Waals surface area contributed by atoms with Gasteiger partial charge in [-0.05, 0) is 113 Å². The Morgan fingerprint density at radius 2 is 0.963 bits per heavy atom. The maximum atomic E-state index is 6.68. The molecule has 2 aromatic heterocycles. The number of benzene rings is 9. The third-order valence-corrected chi connectivity index (χ3v) is 11.1. The van der Waals surface area contributed by atoms with Crippen LogP contribution in [0, 0.1) is 0 Å². The van der Waals surface area contributed by atoms with Crippen molar-refractivity contribution in [2.24, 2.45) is 0 Å². The molecule has 0 unspecified atom stereocenters. The van der Waals surface area contributed by atoms with E-state index in [9.17, 15) is 0 Å². The Hall–Kier alpha value is -6.71. The normalized spacial score (nSPS) is 12.4. The Labute approximate surface area is 312 Å². The molecule has 0 aliphatic rings. The van der Waals surface area contributed by atoms with Gasteiger partial charge in [-0.3, -0.25) is 0 Å². The van der Waals surface area contributed by atoms with Crippen LogP contribution >= 0.6 is 0 Å². The largest absolute Gasteiger partial charge is 0.456 e. The lowest BCUT2D eigenvalue weighted by Gasteiger charge is -2.20. The minimum Gasteiger partial charge on any atom is -0.456 e. The molecule has 0 saturated heterocycles. The van der Waals surface area contributed by atoms with E-state index < -0.39 is 0 Å². The van der Waals surface area contributed by atoms with E-state index in [1.165, 1.54) is 59.8 Å². The number of hydrogen-bond donors (Lipinski definition) is 0. The monoisotopic (exact) mass is 693 g/mol. The Morgan fingerprint density at radius 1 is 0.407 bits per heavy atom. The van der Waals surface area contributed by atoms with Crippen molar-refractivity contribution >= 4 is 76.1 Å². The number of rotatable bonds is 3. The number of aromatic nitrogens is 1. The summed E-state index contributed by atoms with van der Waals surface area (Å²) in [7, 11) is 0. The number of oxazole rings is 1. The summed E-state index contributed by atoms with van der Waals surface area (Å²) in [6, 6.07) is 57.1. The smallest absolute Gasteiger partial charge is 0.200 e. The summed E-state index contributed by atoms with van der Waals surface area (Å²) >= 11 is 0. The van der Waals surface area contributed by atoms with Gasteiger partial charge in [-0.25, -0.2) is 4.98 Å². The van der Waals surface area contributed by atoms with Gasteiger partial charge in [0.2, 0.25) is 5.89 Å². The van der Waals surface area contributed by atoms with E-state index in [1.807, 2.05) is 6.07 Å². The van der Waals surface area contributed by atoms with Crippen LogP contribution in [0.3, 0.4) is 0 Å². The number of furan rings is 1. The zero-order valence-corrected chi connectivity index (χ0v) is 30.3. The Balaban J connectivity index is 1.26. The quantitative estimate of drug-likeness (QED) is 0.137. The Morgan fingerprint density at radius 3 is 1.65 bits per heavy atom. The lowest BCUT2D eigenvalue weighted by Crippen LogP contribution is -2.10. The molecule has 0 saturated carbocycles. The molecule has 0 aliphatic heterocycles. The second-order valence-electron chi connectivity index (χ2n) is 15.5. The van der Waals surface area contributed by atoms with E-state index in [0.717, 1.165) is 55.6 Å². The van der Waals surface area contributed by atoms with Crippen LogP contribution in [-0.2, 0) is 5.41 Å². The maximum Gasteiger partial charge on any atom is 0.200 e. The first-order valence-corrected chi connectivity index (χ1v) is 18.6. The Bertz CT molecular complexity index is 3260. The van der Waals surface area contributed by atoms with Crippen molar-refractivity contribution in [2.45, 2.75) is 26.2 Å². The van der Waals surface area contributed by atoms with Gasteiger partial charge >= 0.3 is 0 Å². The molecule has 3 heteroatoms. The number of para-hydroxylation sites is 1. The average Bonchev–Trinajstić information content (AvgIpc) is 3.81. The number of nitrogens with zero attached hydrogens (tertiary/aromatic N) is 1. The zero-order chi connectivity index (χ0) is 36.1. The summed E-state index contributed by atoms with van der Waals surface area (Å²) in [6.45, 7) is 6.38. The summed E-state index contributed by atoms with van der Waals surface area (Å²) in [6.07, 6.45) is 0. The van der Waals surface area contributed by atoms with Gasteiger partial charge in [-0.2, -0.15) is 0 Å². The van der Waals surface area contributed by atoms with Crippen LogP contribution in [0.5, 0.6) is 0 Å². The molecule has 0 amide bonds. The predicted molar refractivity (Wildman–Crippen MR) is 226 cm³/mol. The van der Waals surface area contributed by atoms with Crippen LogP contribution in [0.2, 0.25) is 0 Å². The molecule has 3 nitrogen and oxygen atoms in total. The van der Waals surface area contributed by atoms with Crippen LogP contribution in [0.25, 0.3) is 110 Å². The SMILES string of the molecule is CC(C)(C)c1nc2ccc(-c3cc(-c4c5ccccc5c(-c5cc6ccccc6c6ccccc56)c5ccccc45)c4c(c3)oc3ccccc34)cc2o1. The van der Waals surface area contributed by atoms with Gasteiger partial charge in [0.25, 0.3) is 0 Å². The van der Waals surface area contributed by atoms with Crippen molar-refractivity contribution in [2.75, 3.05) is 0 Å². The molecule has 2 heterocycles. The fraction of sp³-hybridized carbons (Fsp3) is 0.0784. The first kappa shape index (κ1) is 30.9. The summed E-state index contributed by atoms with van der Waals surface area (Å²) < 4.78 is 13.0. The lowest BCUT2D eigenvalue weighted by molar-refractivity contribution is 0.411. The minimum absolute atomic E-state index is 0.188. The van der Waals surface area contributed by atoms with Gasteiger partial charge in [-0.1, -0.05) is 142 Å². The first-order chi connectivity index (χ1) is 26.4. The lowest BCUT2D eigenvalue weighted by atomic mass is 9.82. The van der Waals surface area contributed by atoms with Gasteiger partial charge in [0.1, 0.15) is 16.7 Å². The fourth-order valence-electron chi connectivity index (χ4n) is 8.61. The van der Waals surface area contributed by atoms with Gasteiger partial charge in [0.05, 0.1) is 0 Å². The molecule has 0 bridgehead atoms. The predicted octanol–water partition coefficient (Wildman–Crippen LogP) is 14.6. The van der Waals surface area contributed by atoms with Crippen LogP contribution in [0.4, 0.5) is 0 Å². The second kappa shape index (κ2) is 11.4. The highest BCUT2D eigenvalue weighted by atomic mass is 16.3. The van der Waals surface area contributed by atoms with Gasteiger partial charge < -0.3 is 8.83 Å². The van der Waals surface area contributed by atoms with Gasteiger partial charge in [-0.15, -0.1) is 0 Å². The van der Waals surface area contributed by atoms with Crippen molar-refractivity contribution < 1.29 is 8.83 Å². The minimum atomic E-state index is -0.188. The highest BCUT2D eigenvalue weighted by Gasteiger charge is 2.24.